The van der Waals surface area contributed by atoms with E-state index >= 15 is 0 Å². The average Bonchev–Trinajstić information content (AvgIpc) is 3.26. The lowest BCUT2D eigenvalue weighted by Gasteiger charge is -2.36. The standard InChI is InChI=1S/C23H25FN4O2/c1-16-7-9-18(10-8-16)22-25-23(30-26-22)17(2)27-11-13-28(14-12-27)21(29)15-19-5-3-4-6-20(19)24/h3-10,17H,11-15H2,1-2H3. The van der Waals surface area contributed by atoms with Crippen molar-refractivity contribution in [3.63, 3.8) is 0 Å². The number of aryl methyl sites for hydroxylation is 1. The molecule has 156 valence electrons. The van der Waals surface area contributed by atoms with Gasteiger partial charge in [0.2, 0.25) is 17.6 Å². The molecule has 0 aliphatic carbocycles. The number of benzene rings is 2. The fraction of sp³-hybridized carbons (Fsp3) is 0.348. The third-order valence-electron chi connectivity index (χ3n) is 5.62. The van der Waals surface area contributed by atoms with Gasteiger partial charge >= 0.3 is 0 Å². The molecule has 6 nitrogen and oxygen atoms in total. The molecule has 1 unspecified atom stereocenters. The number of halogens is 1. The Labute approximate surface area is 175 Å². The molecule has 7 heteroatoms. The fourth-order valence-corrected chi connectivity index (χ4v) is 3.66. The van der Waals surface area contributed by atoms with Gasteiger partial charge < -0.3 is 9.42 Å². The van der Waals surface area contributed by atoms with Crippen LogP contribution in [0.25, 0.3) is 11.4 Å². The quantitative estimate of drug-likeness (QED) is 0.645. The summed E-state index contributed by atoms with van der Waals surface area (Å²) in [6.45, 7) is 6.66. The predicted octanol–water partition coefficient (Wildman–Crippen LogP) is 3.63. The van der Waals surface area contributed by atoms with E-state index in [4.69, 9.17) is 4.52 Å². The van der Waals surface area contributed by atoms with E-state index in [1.54, 1.807) is 23.1 Å². The molecule has 1 aliphatic heterocycles. The summed E-state index contributed by atoms with van der Waals surface area (Å²) in [5.41, 5.74) is 2.54. The molecule has 2 aromatic carbocycles. The van der Waals surface area contributed by atoms with Crippen LogP contribution in [0.2, 0.25) is 0 Å². The number of aromatic nitrogens is 2. The summed E-state index contributed by atoms with van der Waals surface area (Å²) in [5, 5.41) is 4.12. The van der Waals surface area contributed by atoms with Gasteiger partial charge in [-0.15, -0.1) is 0 Å². The minimum absolute atomic E-state index is 0.0412. The Kier molecular flexibility index (Phi) is 5.90. The van der Waals surface area contributed by atoms with E-state index in [0.717, 1.165) is 5.56 Å². The molecule has 1 aliphatic rings. The zero-order valence-corrected chi connectivity index (χ0v) is 17.2. The molecular formula is C23H25FN4O2. The first-order valence-electron chi connectivity index (χ1n) is 10.2. The van der Waals surface area contributed by atoms with Crippen molar-refractivity contribution in [1.82, 2.24) is 19.9 Å². The highest BCUT2D eigenvalue weighted by molar-refractivity contribution is 5.79. The third kappa shape index (κ3) is 4.41. The molecular weight excluding hydrogens is 383 g/mol. The van der Waals surface area contributed by atoms with Crippen LogP contribution in [-0.2, 0) is 11.2 Å². The van der Waals surface area contributed by atoms with E-state index in [-0.39, 0.29) is 24.2 Å². The molecule has 0 radical (unpaired) electrons. The van der Waals surface area contributed by atoms with Crippen LogP contribution in [0.3, 0.4) is 0 Å². The van der Waals surface area contributed by atoms with Gasteiger partial charge in [0.15, 0.2) is 0 Å². The first-order chi connectivity index (χ1) is 14.5. The van der Waals surface area contributed by atoms with Gasteiger partial charge in [-0.3, -0.25) is 9.69 Å². The molecule has 0 bridgehead atoms. The second-order valence-corrected chi connectivity index (χ2v) is 7.68. The van der Waals surface area contributed by atoms with Crippen molar-refractivity contribution in [2.45, 2.75) is 26.3 Å². The van der Waals surface area contributed by atoms with Crippen molar-refractivity contribution in [3.05, 3.63) is 71.4 Å². The predicted molar refractivity (Wildman–Crippen MR) is 111 cm³/mol. The van der Waals surface area contributed by atoms with E-state index in [9.17, 15) is 9.18 Å². The minimum Gasteiger partial charge on any atom is -0.340 e. The van der Waals surface area contributed by atoms with Crippen LogP contribution in [0.4, 0.5) is 4.39 Å². The number of rotatable bonds is 5. The Balaban J connectivity index is 1.34. The Morgan fingerprint density at radius 2 is 1.80 bits per heavy atom. The smallest absolute Gasteiger partial charge is 0.244 e. The molecule has 1 saturated heterocycles. The Hall–Kier alpha value is -3.06. The summed E-state index contributed by atoms with van der Waals surface area (Å²) in [6.07, 6.45) is 0.0891. The molecule has 2 heterocycles. The lowest BCUT2D eigenvalue weighted by atomic mass is 10.1. The number of nitrogens with zero attached hydrogens (tertiary/aromatic N) is 4. The van der Waals surface area contributed by atoms with E-state index in [0.29, 0.717) is 43.5 Å². The van der Waals surface area contributed by atoms with Crippen molar-refractivity contribution in [1.29, 1.82) is 0 Å². The van der Waals surface area contributed by atoms with Crippen LogP contribution >= 0.6 is 0 Å². The molecule has 1 amide bonds. The zero-order chi connectivity index (χ0) is 21.1. The maximum atomic E-state index is 13.8. The summed E-state index contributed by atoms with van der Waals surface area (Å²) in [4.78, 5) is 21.1. The first kappa shape index (κ1) is 20.2. The Bertz CT molecular complexity index is 1010. The normalized spacial score (nSPS) is 15.9. The van der Waals surface area contributed by atoms with Crippen LogP contribution < -0.4 is 0 Å². The van der Waals surface area contributed by atoms with E-state index in [1.165, 1.54) is 11.6 Å². The number of amides is 1. The summed E-state index contributed by atoms with van der Waals surface area (Å²) in [6, 6.07) is 14.4. The monoisotopic (exact) mass is 408 g/mol. The highest BCUT2D eigenvalue weighted by Crippen LogP contribution is 2.24. The molecule has 0 N–H and O–H groups in total. The average molecular weight is 408 g/mol. The summed E-state index contributed by atoms with van der Waals surface area (Å²) in [5.74, 6) is 0.762. The van der Waals surface area contributed by atoms with Gasteiger partial charge in [0.1, 0.15) is 5.82 Å². The first-order valence-corrected chi connectivity index (χ1v) is 10.2. The van der Waals surface area contributed by atoms with Gasteiger partial charge in [-0.2, -0.15) is 4.98 Å². The molecule has 4 rings (SSSR count). The maximum Gasteiger partial charge on any atom is 0.244 e. The zero-order valence-electron chi connectivity index (χ0n) is 17.2. The molecule has 1 fully saturated rings. The van der Waals surface area contributed by atoms with Crippen molar-refractivity contribution < 1.29 is 13.7 Å². The lowest BCUT2D eigenvalue weighted by molar-refractivity contribution is -0.132. The van der Waals surface area contributed by atoms with Gasteiger partial charge in [-0.1, -0.05) is 53.2 Å². The SMILES string of the molecule is Cc1ccc(-c2noc(C(C)N3CCN(C(=O)Cc4ccccc4F)CC3)n2)cc1. The topological polar surface area (TPSA) is 62.5 Å². The van der Waals surface area contributed by atoms with Crippen molar-refractivity contribution in [3.8, 4) is 11.4 Å². The van der Waals surface area contributed by atoms with Crippen molar-refractivity contribution in [2.75, 3.05) is 26.2 Å². The van der Waals surface area contributed by atoms with Gasteiger partial charge in [0, 0.05) is 31.7 Å². The molecule has 30 heavy (non-hydrogen) atoms. The van der Waals surface area contributed by atoms with Crippen LogP contribution in [0.1, 0.15) is 30.0 Å². The van der Waals surface area contributed by atoms with Gasteiger partial charge in [0.05, 0.1) is 12.5 Å². The van der Waals surface area contributed by atoms with Gasteiger partial charge in [-0.25, -0.2) is 4.39 Å². The third-order valence-corrected chi connectivity index (χ3v) is 5.62. The van der Waals surface area contributed by atoms with Crippen LogP contribution in [0.5, 0.6) is 0 Å². The van der Waals surface area contributed by atoms with Crippen LogP contribution in [-0.4, -0.2) is 52.0 Å². The maximum absolute atomic E-state index is 13.8. The molecule has 0 saturated carbocycles. The second kappa shape index (κ2) is 8.75. The van der Waals surface area contributed by atoms with Gasteiger partial charge in [0.25, 0.3) is 0 Å². The lowest BCUT2D eigenvalue weighted by Crippen LogP contribution is -2.49. The van der Waals surface area contributed by atoms with Crippen LogP contribution in [0, 0.1) is 12.7 Å². The van der Waals surface area contributed by atoms with E-state index in [1.807, 2.05) is 38.1 Å². The fourth-order valence-electron chi connectivity index (χ4n) is 3.66. The molecule has 3 aromatic rings. The molecule has 1 atom stereocenters. The highest BCUT2D eigenvalue weighted by Gasteiger charge is 2.28. The number of hydrogen-bond acceptors (Lipinski definition) is 5. The van der Waals surface area contributed by atoms with E-state index in [2.05, 4.69) is 15.0 Å². The Morgan fingerprint density at radius 3 is 2.50 bits per heavy atom. The van der Waals surface area contributed by atoms with Crippen molar-refractivity contribution >= 4 is 5.91 Å². The largest absolute Gasteiger partial charge is 0.340 e. The summed E-state index contributed by atoms with van der Waals surface area (Å²) < 4.78 is 19.3. The minimum atomic E-state index is -0.334. The van der Waals surface area contributed by atoms with Gasteiger partial charge in [-0.05, 0) is 25.5 Å². The highest BCUT2D eigenvalue weighted by atomic mass is 19.1. The van der Waals surface area contributed by atoms with E-state index < -0.39 is 0 Å². The van der Waals surface area contributed by atoms with Crippen molar-refractivity contribution in [2.24, 2.45) is 0 Å². The number of hydrogen-bond donors (Lipinski definition) is 0. The summed E-state index contributed by atoms with van der Waals surface area (Å²) >= 11 is 0. The summed E-state index contributed by atoms with van der Waals surface area (Å²) in [7, 11) is 0. The molecule has 1 aromatic heterocycles. The number of piperazine rings is 1. The number of carbonyl (C=O) groups is 1. The number of carbonyl (C=O) groups excluding carboxylic acids is 1. The van der Waals surface area contributed by atoms with Crippen LogP contribution in [0.15, 0.2) is 53.1 Å². The Morgan fingerprint density at radius 1 is 1.10 bits per heavy atom. The molecule has 0 spiro atoms. The second-order valence-electron chi connectivity index (χ2n) is 7.68.